The maximum atomic E-state index is 5.93. The van der Waals surface area contributed by atoms with Crippen molar-refractivity contribution in [3.8, 4) is 0 Å². The van der Waals surface area contributed by atoms with Gasteiger partial charge < -0.3 is 10.1 Å². The summed E-state index contributed by atoms with van der Waals surface area (Å²) in [4.78, 5) is 1.34. The van der Waals surface area contributed by atoms with Gasteiger partial charge in [-0.15, -0.1) is 11.3 Å². The standard InChI is InChI=1S/C13H23NOS/c1-6-15-12(13(2,3)4)11(14-5)10-8-7-9-16-10/h7-9,11-12,14H,6H2,1-5H3. The topological polar surface area (TPSA) is 21.3 Å². The van der Waals surface area contributed by atoms with Crippen molar-refractivity contribution < 1.29 is 4.74 Å². The van der Waals surface area contributed by atoms with E-state index in [9.17, 15) is 0 Å². The second-order valence-corrected chi connectivity index (χ2v) is 6.00. The number of rotatable bonds is 5. The lowest BCUT2D eigenvalue weighted by Crippen LogP contribution is -2.40. The monoisotopic (exact) mass is 241 g/mol. The van der Waals surface area contributed by atoms with Gasteiger partial charge in [-0.25, -0.2) is 0 Å². The molecule has 2 unspecified atom stereocenters. The highest BCUT2D eigenvalue weighted by Gasteiger charge is 2.33. The zero-order chi connectivity index (χ0) is 12.2. The molecule has 1 heterocycles. The molecule has 1 aromatic rings. The van der Waals surface area contributed by atoms with Gasteiger partial charge in [0.25, 0.3) is 0 Å². The Labute approximate surface area is 103 Å². The molecule has 0 fully saturated rings. The molecule has 1 aromatic heterocycles. The first kappa shape index (κ1) is 13.7. The minimum atomic E-state index is 0.133. The van der Waals surface area contributed by atoms with Gasteiger partial charge in [0.15, 0.2) is 0 Å². The summed E-state index contributed by atoms with van der Waals surface area (Å²) in [5.41, 5.74) is 0.133. The van der Waals surface area contributed by atoms with Gasteiger partial charge in [-0.1, -0.05) is 26.8 Å². The average Bonchev–Trinajstić information content (AvgIpc) is 2.69. The van der Waals surface area contributed by atoms with E-state index in [2.05, 4.69) is 50.5 Å². The van der Waals surface area contributed by atoms with Gasteiger partial charge in [-0.05, 0) is 30.8 Å². The Morgan fingerprint density at radius 2 is 2.12 bits per heavy atom. The lowest BCUT2D eigenvalue weighted by Gasteiger charge is -2.36. The summed E-state index contributed by atoms with van der Waals surface area (Å²) < 4.78 is 5.93. The van der Waals surface area contributed by atoms with Crippen LogP contribution >= 0.6 is 11.3 Å². The van der Waals surface area contributed by atoms with E-state index in [1.54, 1.807) is 11.3 Å². The number of likely N-dealkylation sites (N-methyl/N-ethyl adjacent to an activating group) is 1. The second-order valence-electron chi connectivity index (χ2n) is 5.02. The predicted molar refractivity (Wildman–Crippen MR) is 71.0 cm³/mol. The van der Waals surface area contributed by atoms with Crippen LogP contribution in [0.3, 0.4) is 0 Å². The van der Waals surface area contributed by atoms with Crippen LogP contribution in [0.5, 0.6) is 0 Å². The van der Waals surface area contributed by atoms with Gasteiger partial charge in [0.2, 0.25) is 0 Å². The number of hydrogen-bond donors (Lipinski definition) is 1. The molecule has 0 amide bonds. The van der Waals surface area contributed by atoms with E-state index < -0.39 is 0 Å². The molecular formula is C13H23NOS. The Bertz CT molecular complexity index is 289. The highest BCUT2D eigenvalue weighted by Crippen LogP contribution is 2.34. The molecule has 0 aliphatic heterocycles. The SMILES string of the molecule is CCOC(C(NC)c1cccs1)C(C)(C)C. The molecule has 92 valence electrons. The summed E-state index contributed by atoms with van der Waals surface area (Å²) in [6.07, 6.45) is 0.196. The van der Waals surface area contributed by atoms with Crippen molar-refractivity contribution in [2.75, 3.05) is 13.7 Å². The fraction of sp³-hybridized carbons (Fsp3) is 0.692. The fourth-order valence-corrected chi connectivity index (χ4v) is 2.80. The van der Waals surface area contributed by atoms with Crippen molar-refractivity contribution in [2.24, 2.45) is 5.41 Å². The minimum absolute atomic E-state index is 0.133. The largest absolute Gasteiger partial charge is 0.376 e. The van der Waals surface area contributed by atoms with Crippen LogP contribution in [-0.2, 0) is 4.74 Å². The van der Waals surface area contributed by atoms with Crippen LogP contribution < -0.4 is 5.32 Å². The van der Waals surface area contributed by atoms with Crippen LogP contribution in [0.4, 0.5) is 0 Å². The summed E-state index contributed by atoms with van der Waals surface area (Å²) >= 11 is 1.78. The second kappa shape index (κ2) is 5.80. The van der Waals surface area contributed by atoms with Crippen molar-refractivity contribution in [1.29, 1.82) is 0 Å². The maximum Gasteiger partial charge on any atom is 0.0825 e. The quantitative estimate of drug-likeness (QED) is 0.852. The first-order chi connectivity index (χ1) is 7.50. The van der Waals surface area contributed by atoms with Crippen LogP contribution in [0.25, 0.3) is 0 Å². The summed E-state index contributed by atoms with van der Waals surface area (Å²) in [5.74, 6) is 0. The van der Waals surface area contributed by atoms with Crippen LogP contribution in [0, 0.1) is 5.41 Å². The first-order valence-corrected chi connectivity index (χ1v) is 6.71. The highest BCUT2D eigenvalue weighted by atomic mass is 32.1. The highest BCUT2D eigenvalue weighted by molar-refractivity contribution is 7.10. The number of hydrogen-bond acceptors (Lipinski definition) is 3. The summed E-state index contributed by atoms with van der Waals surface area (Å²) in [6.45, 7) is 9.49. The van der Waals surface area contributed by atoms with Gasteiger partial charge in [0.1, 0.15) is 0 Å². The van der Waals surface area contributed by atoms with Crippen molar-refractivity contribution in [3.05, 3.63) is 22.4 Å². The molecule has 0 aliphatic rings. The predicted octanol–water partition coefficient (Wildman–Crippen LogP) is 3.46. The Balaban J connectivity index is 2.90. The molecule has 0 aliphatic carbocycles. The molecule has 16 heavy (non-hydrogen) atoms. The van der Waals surface area contributed by atoms with E-state index in [1.807, 2.05) is 7.05 Å². The van der Waals surface area contributed by atoms with E-state index in [1.165, 1.54) is 4.88 Å². The van der Waals surface area contributed by atoms with Crippen LogP contribution in [0.1, 0.15) is 38.6 Å². The molecule has 0 bridgehead atoms. The van der Waals surface area contributed by atoms with E-state index in [-0.39, 0.29) is 17.6 Å². The fourth-order valence-electron chi connectivity index (χ4n) is 1.94. The van der Waals surface area contributed by atoms with E-state index in [0.29, 0.717) is 0 Å². The zero-order valence-electron chi connectivity index (χ0n) is 10.9. The zero-order valence-corrected chi connectivity index (χ0v) is 11.7. The van der Waals surface area contributed by atoms with Crippen molar-refractivity contribution in [2.45, 2.75) is 39.8 Å². The molecule has 3 heteroatoms. The molecule has 0 radical (unpaired) electrons. The normalized spacial score (nSPS) is 16.1. The van der Waals surface area contributed by atoms with Gasteiger partial charge in [-0.3, -0.25) is 0 Å². The molecule has 2 atom stereocenters. The smallest absolute Gasteiger partial charge is 0.0825 e. The van der Waals surface area contributed by atoms with Gasteiger partial charge in [-0.2, -0.15) is 0 Å². The molecule has 2 nitrogen and oxygen atoms in total. The van der Waals surface area contributed by atoms with Crippen molar-refractivity contribution >= 4 is 11.3 Å². The molecular weight excluding hydrogens is 218 g/mol. The molecule has 1 N–H and O–H groups in total. The third kappa shape index (κ3) is 3.30. The lowest BCUT2D eigenvalue weighted by molar-refractivity contribution is -0.0343. The van der Waals surface area contributed by atoms with E-state index >= 15 is 0 Å². The van der Waals surface area contributed by atoms with Crippen molar-refractivity contribution in [3.63, 3.8) is 0 Å². The van der Waals surface area contributed by atoms with Crippen molar-refractivity contribution in [1.82, 2.24) is 5.32 Å². The Kier molecular flexibility index (Phi) is 4.96. The molecule has 0 aromatic carbocycles. The number of ether oxygens (including phenoxy) is 1. The molecule has 1 rings (SSSR count). The maximum absolute atomic E-state index is 5.93. The average molecular weight is 241 g/mol. The molecule has 0 saturated carbocycles. The summed E-state index contributed by atoms with van der Waals surface area (Å²) in [7, 11) is 2.00. The lowest BCUT2D eigenvalue weighted by atomic mass is 9.84. The third-order valence-electron chi connectivity index (χ3n) is 2.66. The van der Waals surface area contributed by atoms with Gasteiger partial charge >= 0.3 is 0 Å². The van der Waals surface area contributed by atoms with E-state index in [4.69, 9.17) is 4.74 Å². The number of thiophene rings is 1. The molecule has 0 saturated heterocycles. The first-order valence-electron chi connectivity index (χ1n) is 5.83. The molecule has 0 spiro atoms. The van der Waals surface area contributed by atoms with E-state index in [0.717, 1.165) is 6.61 Å². The Morgan fingerprint density at radius 3 is 2.50 bits per heavy atom. The van der Waals surface area contributed by atoms with Gasteiger partial charge in [0.05, 0.1) is 12.1 Å². The van der Waals surface area contributed by atoms with Gasteiger partial charge in [0, 0.05) is 11.5 Å². The Morgan fingerprint density at radius 1 is 1.44 bits per heavy atom. The summed E-state index contributed by atoms with van der Waals surface area (Å²) in [5, 5.41) is 5.50. The summed E-state index contributed by atoms with van der Waals surface area (Å²) in [6, 6.07) is 4.54. The minimum Gasteiger partial charge on any atom is -0.376 e. The Hall–Kier alpha value is -0.380. The number of nitrogens with one attached hydrogen (secondary N) is 1. The third-order valence-corrected chi connectivity index (χ3v) is 3.62. The van der Waals surface area contributed by atoms with Crippen LogP contribution in [0.2, 0.25) is 0 Å². The van der Waals surface area contributed by atoms with Crippen LogP contribution in [-0.4, -0.2) is 19.8 Å². The van der Waals surface area contributed by atoms with Crippen LogP contribution in [0.15, 0.2) is 17.5 Å².